The molecule has 6 nitrogen and oxygen atoms in total. The molecule has 0 radical (unpaired) electrons. The van der Waals surface area contributed by atoms with Gasteiger partial charge < -0.3 is 31.3 Å². The topological polar surface area (TPSA) is 132 Å². The van der Waals surface area contributed by atoms with Crippen LogP contribution in [0.15, 0.2) is 0 Å². The van der Waals surface area contributed by atoms with Crippen molar-refractivity contribution in [3.05, 3.63) is 0 Å². The molecule has 0 atom stereocenters. The van der Waals surface area contributed by atoms with E-state index in [2.05, 4.69) is 11.5 Å². The van der Waals surface area contributed by atoms with Gasteiger partial charge in [-0.25, -0.2) is 0 Å². The molecular weight excluding hydrogens is 246 g/mol. The molecule has 11 heavy (non-hydrogen) atoms. The maximum atomic E-state index is 9.13. The summed E-state index contributed by atoms with van der Waals surface area (Å²) in [4.78, 5) is 18.3. The molecule has 4 N–H and O–H groups in total. The molecule has 0 bridgehead atoms. The molecule has 0 amide bonds. The fourth-order valence-electron chi connectivity index (χ4n) is 0. The largest absolute Gasteiger partial charge is 2.00 e. The van der Waals surface area contributed by atoms with Gasteiger partial charge in [-0.1, -0.05) is 0 Å². The summed E-state index contributed by atoms with van der Waals surface area (Å²) in [5.74, 6) is -2.44. The third-order valence-electron chi connectivity index (χ3n) is 0.333. The summed E-state index contributed by atoms with van der Waals surface area (Å²) >= 11 is 0. The van der Waals surface area contributed by atoms with E-state index in [9.17, 15) is 0 Å². The van der Waals surface area contributed by atoms with Crippen LogP contribution < -0.4 is 21.7 Å². The van der Waals surface area contributed by atoms with Crippen LogP contribution in [0.1, 0.15) is 0 Å². The molecule has 0 heterocycles. The summed E-state index contributed by atoms with van der Waals surface area (Å²) < 4.78 is 0. The number of hydrogen-bond donors (Lipinski definition) is 2. The fourth-order valence-corrected chi connectivity index (χ4v) is 0. The van der Waals surface area contributed by atoms with Gasteiger partial charge in [0.1, 0.15) is 0 Å². The summed E-state index contributed by atoms with van der Waals surface area (Å²) in [6, 6.07) is 0. The molecule has 0 aliphatic heterocycles. The van der Waals surface area contributed by atoms with Crippen LogP contribution in [0.5, 0.6) is 0 Å². The van der Waals surface area contributed by atoms with Crippen molar-refractivity contribution in [3.63, 3.8) is 0 Å². The third kappa shape index (κ3) is 43.4. The van der Waals surface area contributed by atoms with Gasteiger partial charge in [-0.05, 0) is 0 Å². The Balaban J connectivity index is -0.000000107. The molecule has 0 rings (SSSR count). The van der Waals surface area contributed by atoms with Gasteiger partial charge >= 0.3 is 20.4 Å². The van der Waals surface area contributed by atoms with Gasteiger partial charge in [0.15, 0.2) is 0 Å². The van der Waals surface area contributed by atoms with Gasteiger partial charge in [0.25, 0.3) is 0 Å². The van der Waals surface area contributed by atoms with E-state index >= 15 is 0 Å². The maximum Gasteiger partial charge on any atom is 2.00 e. The minimum absolute atomic E-state index is 0. The van der Waals surface area contributed by atoms with Crippen molar-refractivity contribution in [2.75, 3.05) is 13.1 Å². The van der Waals surface area contributed by atoms with Crippen molar-refractivity contribution in [1.82, 2.24) is 0 Å². The van der Waals surface area contributed by atoms with Crippen LogP contribution in [0.25, 0.3) is 0 Å². The molecule has 0 aliphatic rings. The van der Waals surface area contributed by atoms with E-state index in [1.54, 1.807) is 0 Å². The SMILES string of the molecule is NCC(=O)[O-].NCC(=O)[O-].[Pd+2]. The van der Waals surface area contributed by atoms with Crippen LogP contribution in [0.4, 0.5) is 0 Å². The van der Waals surface area contributed by atoms with Crippen LogP contribution >= 0.6 is 0 Å². The van der Waals surface area contributed by atoms with Gasteiger partial charge in [-0.15, -0.1) is 0 Å². The molecule has 0 aliphatic carbocycles. The summed E-state index contributed by atoms with van der Waals surface area (Å²) in [7, 11) is 0. The minimum atomic E-state index is -1.22. The Morgan fingerprint density at radius 1 is 1.00 bits per heavy atom. The van der Waals surface area contributed by atoms with E-state index in [4.69, 9.17) is 19.8 Å². The average molecular weight is 255 g/mol. The molecule has 0 aromatic heterocycles. The summed E-state index contributed by atoms with van der Waals surface area (Å²) in [5.41, 5.74) is 9.02. The van der Waals surface area contributed by atoms with E-state index in [1.165, 1.54) is 0 Å². The quantitative estimate of drug-likeness (QED) is 0.476. The fraction of sp³-hybridized carbons (Fsp3) is 0.500. The second-order valence-corrected chi connectivity index (χ2v) is 1.15. The standard InChI is InChI=1S/2C2H5NO2.Pd/c2*3-1-2(4)5;/h2*1,3H2,(H,4,5);/q;;+2/p-2. The molecule has 0 aromatic carbocycles. The number of carboxylic acid groups (broad SMARTS) is 2. The van der Waals surface area contributed by atoms with E-state index in [0.717, 1.165) is 0 Å². The van der Waals surface area contributed by atoms with Crippen LogP contribution in [0, 0.1) is 0 Å². The average Bonchev–Trinajstić information content (AvgIpc) is 1.89. The molecule has 0 saturated heterocycles. The Labute approximate surface area is 77.2 Å². The van der Waals surface area contributed by atoms with Crippen LogP contribution in [0.2, 0.25) is 0 Å². The maximum absolute atomic E-state index is 9.13. The first-order valence-corrected chi connectivity index (χ1v) is 2.34. The number of rotatable bonds is 2. The molecule has 0 aromatic rings. The van der Waals surface area contributed by atoms with Crippen molar-refractivity contribution >= 4 is 11.9 Å². The molecule has 68 valence electrons. The zero-order chi connectivity index (χ0) is 8.57. The minimum Gasteiger partial charge on any atom is -0.549 e. The number of carboxylic acids is 2. The normalized spacial score (nSPS) is 6.73. The summed E-state index contributed by atoms with van der Waals surface area (Å²) in [5, 5.41) is 18.3. The predicted octanol–water partition coefficient (Wildman–Crippen LogP) is -4.61. The van der Waals surface area contributed by atoms with E-state index in [0.29, 0.717) is 0 Å². The zero-order valence-electron chi connectivity index (χ0n) is 5.52. The summed E-state index contributed by atoms with van der Waals surface area (Å²) in [6.07, 6.45) is 0. The Bertz CT molecular complexity index is 105. The number of carbonyl (C=O) groups excluding carboxylic acids is 2. The second-order valence-electron chi connectivity index (χ2n) is 1.15. The van der Waals surface area contributed by atoms with E-state index in [1.807, 2.05) is 0 Å². The molecule has 7 heteroatoms. The number of nitrogens with two attached hydrogens (primary N) is 2. The van der Waals surface area contributed by atoms with Crippen molar-refractivity contribution in [1.29, 1.82) is 0 Å². The predicted molar refractivity (Wildman–Crippen MR) is 28.1 cm³/mol. The van der Waals surface area contributed by atoms with Crippen LogP contribution in [-0.4, -0.2) is 25.0 Å². The first kappa shape index (κ1) is 16.9. The third-order valence-corrected chi connectivity index (χ3v) is 0.333. The van der Waals surface area contributed by atoms with Crippen molar-refractivity contribution in [2.24, 2.45) is 11.5 Å². The zero-order valence-corrected chi connectivity index (χ0v) is 7.07. The Morgan fingerprint density at radius 3 is 1.09 bits per heavy atom. The monoisotopic (exact) mass is 254 g/mol. The first-order chi connectivity index (χ1) is 4.54. The van der Waals surface area contributed by atoms with Crippen LogP contribution in [-0.2, 0) is 30.0 Å². The number of carbonyl (C=O) groups is 2. The molecule has 0 unspecified atom stereocenters. The Kier molecular flexibility index (Phi) is 18.7. The Hall–Kier alpha value is -0.478. The van der Waals surface area contributed by atoms with Crippen molar-refractivity contribution in [2.45, 2.75) is 0 Å². The smallest absolute Gasteiger partial charge is 0.549 e. The van der Waals surface area contributed by atoms with E-state index in [-0.39, 0.29) is 33.5 Å². The Morgan fingerprint density at radius 2 is 1.09 bits per heavy atom. The van der Waals surface area contributed by atoms with E-state index < -0.39 is 11.9 Å². The van der Waals surface area contributed by atoms with Gasteiger partial charge in [0.2, 0.25) is 0 Å². The number of hydrogen-bond acceptors (Lipinski definition) is 6. The van der Waals surface area contributed by atoms with Crippen molar-refractivity contribution < 1.29 is 40.2 Å². The molecule has 0 spiro atoms. The van der Waals surface area contributed by atoms with Crippen molar-refractivity contribution in [3.8, 4) is 0 Å². The van der Waals surface area contributed by atoms with Crippen LogP contribution in [0.3, 0.4) is 0 Å². The van der Waals surface area contributed by atoms with Gasteiger partial charge in [-0.3, -0.25) is 0 Å². The first-order valence-electron chi connectivity index (χ1n) is 2.34. The second kappa shape index (κ2) is 12.2. The summed E-state index contributed by atoms with van der Waals surface area (Å²) in [6.45, 7) is -0.778. The molecule has 0 fully saturated rings. The van der Waals surface area contributed by atoms with Gasteiger partial charge in [0.05, 0.1) is 11.9 Å². The van der Waals surface area contributed by atoms with Gasteiger partial charge in [-0.2, -0.15) is 0 Å². The molecule has 0 saturated carbocycles. The number of aliphatic carboxylic acids is 2. The molecular formula is C4H8N2O4Pd. The van der Waals surface area contributed by atoms with Gasteiger partial charge in [0, 0.05) is 13.1 Å².